The predicted octanol–water partition coefficient (Wildman–Crippen LogP) is 2.22. The summed E-state index contributed by atoms with van der Waals surface area (Å²) in [7, 11) is 1.66. The van der Waals surface area contributed by atoms with Crippen molar-refractivity contribution in [1.82, 2.24) is 14.8 Å². The third kappa shape index (κ3) is 3.31. The van der Waals surface area contributed by atoms with Gasteiger partial charge in [0.05, 0.1) is 15.7 Å². The Morgan fingerprint density at radius 1 is 1.52 bits per heavy atom. The Morgan fingerprint density at radius 2 is 2.24 bits per heavy atom. The first-order valence-electron chi connectivity index (χ1n) is 5.58. The second kappa shape index (κ2) is 6.10. The maximum absolute atomic E-state index is 10.7. The first-order chi connectivity index (χ1) is 9.90. The smallest absolute Gasteiger partial charge is 0.313 e. The van der Waals surface area contributed by atoms with E-state index in [4.69, 9.17) is 16.7 Å². The molecule has 0 aliphatic rings. The first-order valence-corrected chi connectivity index (χ1v) is 6.95. The maximum atomic E-state index is 10.7. The SMILES string of the molecule is Cn1c(SCC(=O)O)nnc1-c1ccc([N+](=O)[O-])cc1Cl. The van der Waals surface area contributed by atoms with Crippen molar-refractivity contribution in [2.45, 2.75) is 5.16 Å². The molecule has 8 nitrogen and oxygen atoms in total. The van der Waals surface area contributed by atoms with Gasteiger partial charge in [0.25, 0.3) is 5.69 Å². The molecular weight excluding hydrogens is 320 g/mol. The number of nitro benzene ring substituents is 1. The molecule has 2 rings (SSSR count). The molecule has 21 heavy (non-hydrogen) atoms. The number of nitro groups is 1. The van der Waals surface area contributed by atoms with Crippen LogP contribution in [0, 0.1) is 10.1 Å². The van der Waals surface area contributed by atoms with Crippen molar-refractivity contribution in [1.29, 1.82) is 0 Å². The summed E-state index contributed by atoms with van der Waals surface area (Å²) in [6.45, 7) is 0. The zero-order chi connectivity index (χ0) is 15.6. The predicted molar refractivity (Wildman–Crippen MR) is 76.5 cm³/mol. The van der Waals surface area contributed by atoms with Gasteiger partial charge < -0.3 is 9.67 Å². The lowest BCUT2D eigenvalue weighted by atomic mass is 10.2. The molecule has 110 valence electrons. The molecule has 1 N–H and O–H groups in total. The summed E-state index contributed by atoms with van der Waals surface area (Å²) in [6, 6.07) is 4.03. The van der Waals surface area contributed by atoms with E-state index in [1.165, 1.54) is 18.2 Å². The summed E-state index contributed by atoms with van der Waals surface area (Å²) in [4.78, 5) is 20.7. The zero-order valence-corrected chi connectivity index (χ0v) is 12.3. The van der Waals surface area contributed by atoms with Crippen LogP contribution in [0.5, 0.6) is 0 Å². The van der Waals surface area contributed by atoms with E-state index in [0.717, 1.165) is 11.8 Å². The van der Waals surface area contributed by atoms with Gasteiger partial charge >= 0.3 is 5.97 Å². The van der Waals surface area contributed by atoms with Gasteiger partial charge in [-0.1, -0.05) is 23.4 Å². The molecule has 2 aromatic rings. The highest BCUT2D eigenvalue weighted by Crippen LogP contribution is 2.31. The summed E-state index contributed by atoms with van der Waals surface area (Å²) in [6.07, 6.45) is 0. The molecule has 10 heteroatoms. The molecule has 1 heterocycles. The number of non-ortho nitro benzene ring substituents is 1. The van der Waals surface area contributed by atoms with Gasteiger partial charge in [-0.25, -0.2) is 0 Å². The molecule has 0 atom stereocenters. The third-order valence-corrected chi connectivity index (χ3v) is 3.88. The van der Waals surface area contributed by atoms with Crippen LogP contribution in [0.1, 0.15) is 0 Å². The van der Waals surface area contributed by atoms with Crippen LogP contribution in [0.4, 0.5) is 5.69 Å². The molecule has 0 aliphatic carbocycles. The highest BCUT2D eigenvalue weighted by molar-refractivity contribution is 7.99. The Kier molecular flexibility index (Phi) is 4.43. The van der Waals surface area contributed by atoms with E-state index in [2.05, 4.69) is 10.2 Å². The summed E-state index contributed by atoms with van der Waals surface area (Å²) < 4.78 is 1.58. The van der Waals surface area contributed by atoms with Gasteiger partial charge in [0.15, 0.2) is 11.0 Å². The van der Waals surface area contributed by atoms with Gasteiger partial charge in [0, 0.05) is 24.7 Å². The maximum Gasteiger partial charge on any atom is 0.313 e. The van der Waals surface area contributed by atoms with Crippen LogP contribution in [-0.4, -0.2) is 36.5 Å². The number of carbonyl (C=O) groups is 1. The molecule has 1 aromatic heterocycles. The Bertz CT molecular complexity index is 718. The molecule has 0 spiro atoms. The van der Waals surface area contributed by atoms with E-state index >= 15 is 0 Å². The van der Waals surface area contributed by atoms with Crippen molar-refractivity contribution in [3.63, 3.8) is 0 Å². The van der Waals surface area contributed by atoms with Gasteiger partial charge in [0.2, 0.25) is 0 Å². The fourth-order valence-corrected chi connectivity index (χ4v) is 2.49. The van der Waals surface area contributed by atoms with E-state index in [0.29, 0.717) is 16.5 Å². The Hall–Kier alpha value is -2.13. The molecule has 0 radical (unpaired) electrons. The van der Waals surface area contributed by atoms with E-state index in [1.807, 2.05) is 0 Å². The standard InChI is InChI=1S/C11H9ClN4O4S/c1-15-10(13-14-11(15)21-5-9(17)18)7-3-2-6(16(19)20)4-8(7)12/h2-4H,5H2,1H3,(H,17,18). The van der Waals surface area contributed by atoms with Gasteiger partial charge in [-0.15, -0.1) is 10.2 Å². The van der Waals surface area contributed by atoms with E-state index in [1.54, 1.807) is 11.6 Å². The number of carboxylic acid groups (broad SMARTS) is 1. The largest absolute Gasteiger partial charge is 0.481 e. The Morgan fingerprint density at radius 3 is 2.81 bits per heavy atom. The van der Waals surface area contributed by atoms with Crippen molar-refractivity contribution in [3.8, 4) is 11.4 Å². The van der Waals surface area contributed by atoms with Gasteiger partial charge in [-0.05, 0) is 6.07 Å². The molecule has 0 aliphatic heterocycles. The molecule has 0 amide bonds. The van der Waals surface area contributed by atoms with Crippen molar-refractivity contribution < 1.29 is 14.8 Å². The molecule has 0 fully saturated rings. The molecule has 0 unspecified atom stereocenters. The van der Waals surface area contributed by atoms with Gasteiger partial charge in [0.1, 0.15) is 0 Å². The van der Waals surface area contributed by atoms with E-state index in [9.17, 15) is 14.9 Å². The van der Waals surface area contributed by atoms with Crippen LogP contribution in [0.3, 0.4) is 0 Å². The quantitative estimate of drug-likeness (QED) is 0.508. The third-order valence-electron chi connectivity index (χ3n) is 2.56. The highest BCUT2D eigenvalue weighted by atomic mass is 35.5. The number of halogens is 1. The summed E-state index contributed by atoms with van der Waals surface area (Å²) in [5.74, 6) is -0.694. The van der Waals surface area contributed by atoms with Crippen molar-refractivity contribution in [2.75, 3.05) is 5.75 Å². The minimum Gasteiger partial charge on any atom is -0.481 e. The Balaban J connectivity index is 2.34. The number of aliphatic carboxylic acids is 1. The lowest BCUT2D eigenvalue weighted by molar-refractivity contribution is -0.384. The summed E-state index contributed by atoms with van der Waals surface area (Å²) in [5.41, 5.74) is 0.367. The number of rotatable bonds is 5. The number of hydrogen-bond donors (Lipinski definition) is 1. The summed E-state index contributed by atoms with van der Waals surface area (Å²) in [5, 5.41) is 27.7. The van der Waals surface area contributed by atoms with Crippen LogP contribution < -0.4 is 0 Å². The normalized spacial score (nSPS) is 10.6. The minimum atomic E-state index is -0.960. The van der Waals surface area contributed by atoms with Crippen molar-refractivity contribution in [2.24, 2.45) is 7.05 Å². The average molecular weight is 329 g/mol. The molecule has 0 saturated heterocycles. The number of benzene rings is 1. The van der Waals surface area contributed by atoms with Crippen molar-refractivity contribution >= 4 is 35.0 Å². The topological polar surface area (TPSA) is 111 Å². The fourth-order valence-electron chi connectivity index (χ4n) is 1.60. The van der Waals surface area contributed by atoms with E-state index < -0.39 is 10.9 Å². The number of aromatic nitrogens is 3. The highest BCUT2D eigenvalue weighted by Gasteiger charge is 2.17. The first kappa shape index (κ1) is 15.3. The molecular formula is C11H9ClN4O4S. The Labute approximate surface area is 127 Å². The van der Waals surface area contributed by atoms with Crippen LogP contribution in [-0.2, 0) is 11.8 Å². The van der Waals surface area contributed by atoms with Crippen LogP contribution >= 0.6 is 23.4 Å². The number of thioether (sulfide) groups is 1. The molecule has 0 saturated carbocycles. The lowest BCUT2D eigenvalue weighted by Gasteiger charge is -2.04. The number of carboxylic acids is 1. The average Bonchev–Trinajstić information content (AvgIpc) is 2.77. The van der Waals surface area contributed by atoms with Crippen molar-refractivity contribution in [3.05, 3.63) is 33.3 Å². The fraction of sp³-hybridized carbons (Fsp3) is 0.182. The lowest BCUT2D eigenvalue weighted by Crippen LogP contribution is -2.01. The number of nitrogens with zero attached hydrogens (tertiary/aromatic N) is 4. The van der Waals surface area contributed by atoms with Gasteiger partial charge in [-0.3, -0.25) is 14.9 Å². The molecule has 1 aromatic carbocycles. The number of hydrogen-bond acceptors (Lipinski definition) is 6. The second-order valence-corrected chi connectivity index (χ2v) is 5.32. The van der Waals surface area contributed by atoms with Gasteiger partial charge in [-0.2, -0.15) is 0 Å². The van der Waals surface area contributed by atoms with Crippen LogP contribution in [0.15, 0.2) is 23.4 Å². The summed E-state index contributed by atoms with van der Waals surface area (Å²) >= 11 is 7.05. The van der Waals surface area contributed by atoms with Crippen LogP contribution in [0.2, 0.25) is 5.02 Å². The minimum absolute atomic E-state index is 0.119. The van der Waals surface area contributed by atoms with E-state index in [-0.39, 0.29) is 16.5 Å². The second-order valence-electron chi connectivity index (χ2n) is 3.97. The monoisotopic (exact) mass is 328 g/mol. The zero-order valence-electron chi connectivity index (χ0n) is 10.7. The van der Waals surface area contributed by atoms with Crippen LogP contribution in [0.25, 0.3) is 11.4 Å². The molecule has 0 bridgehead atoms.